The number of aliphatic hydroxyl groups is 1. The first kappa shape index (κ1) is 54.6. The van der Waals surface area contributed by atoms with Crippen molar-refractivity contribution in [1.82, 2.24) is 40.3 Å². The lowest BCUT2D eigenvalue weighted by Crippen LogP contribution is -2.58. The van der Waals surface area contributed by atoms with Crippen LogP contribution in [-0.4, -0.2) is 109 Å². The van der Waals surface area contributed by atoms with E-state index in [1.54, 1.807) is 28.9 Å². The van der Waals surface area contributed by atoms with E-state index in [9.17, 15) is 24.3 Å². The topological polar surface area (TPSA) is 215 Å². The molecule has 0 aliphatic carbocycles. The Morgan fingerprint density at radius 1 is 0.870 bits per heavy atom. The van der Waals surface area contributed by atoms with E-state index in [2.05, 4.69) is 68.3 Å². The molecule has 2 aliphatic rings. The number of nitrogens with zero attached hydrogens (tertiary/aromatic N) is 7. The van der Waals surface area contributed by atoms with Crippen molar-refractivity contribution in [3.05, 3.63) is 146 Å². The summed E-state index contributed by atoms with van der Waals surface area (Å²) in [6.45, 7) is 14.1. The number of nitrogens with one attached hydrogen (secondary N) is 3. The number of carbonyl (C=O) groups excluding carboxylic acids is 4. The maximum Gasteiger partial charge on any atom is 0.246 e. The molecule has 3 aromatic carbocycles. The van der Waals surface area contributed by atoms with Crippen molar-refractivity contribution in [2.75, 3.05) is 31.7 Å². The molecule has 1 fully saturated rings. The molecule has 4 amide bonds. The number of aliphatic hydroxyl groups excluding tert-OH is 1. The molecule has 0 saturated carbocycles. The smallest absolute Gasteiger partial charge is 0.246 e. The zero-order valence-corrected chi connectivity index (χ0v) is 46.3. The Hall–Kier alpha value is -7.16. The van der Waals surface area contributed by atoms with Gasteiger partial charge >= 0.3 is 0 Å². The summed E-state index contributed by atoms with van der Waals surface area (Å²) in [5, 5.41) is 31.8. The van der Waals surface area contributed by atoms with Gasteiger partial charge in [-0.2, -0.15) is 0 Å². The van der Waals surface area contributed by atoms with E-state index in [1.165, 1.54) is 21.5 Å². The molecule has 2 aliphatic heterocycles. The molecule has 4 aromatic heterocycles. The summed E-state index contributed by atoms with van der Waals surface area (Å²) in [5.74, 6) is 0.584. The number of ether oxygens (including phenoxy) is 2. The van der Waals surface area contributed by atoms with Crippen molar-refractivity contribution >= 4 is 69.4 Å². The number of hydrogen-bond donors (Lipinski definition) is 4. The Kier molecular flexibility index (Phi) is 16.7. The molecular formula is C57H61ClN10O7S2. The van der Waals surface area contributed by atoms with Crippen molar-refractivity contribution < 1.29 is 33.8 Å². The Labute approximate surface area is 460 Å². The molecule has 400 valence electrons. The second kappa shape index (κ2) is 23.6. The molecule has 7 aromatic rings. The quantitative estimate of drug-likeness (QED) is 0.0595. The largest absolute Gasteiger partial charge is 0.494 e. The third-order valence-corrected chi connectivity index (χ3v) is 16.1. The first-order valence-electron chi connectivity index (χ1n) is 25.4. The minimum atomic E-state index is -0.975. The summed E-state index contributed by atoms with van der Waals surface area (Å²) >= 11 is 9.59. The van der Waals surface area contributed by atoms with Crippen molar-refractivity contribution in [1.29, 1.82) is 0 Å². The van der Waals surface area contributed by atoms with Crippen LogP contribution in [0.5, 0.6) is 5.75 Å². The summed E-state index contributed by atoms with van der Waals surface area (Å²) in [5.41, 5.74) is 7.62. The molecule has 0 spiro atoms. The highest BCUT2D eigenvalue weighted by atomic mass is 35.5. The van der Waals surface area contributed by atoms with Gasteiger partial charge in [0.05, 0.1) is 49.5 Å². The normalized spacial score (nSPS) is 16.5. The highest BCUT2D eigenvalue weighted by Crippen LogP contribution is 2.40. The number of likely N-dealkylation sites (tertiary alicyclic amines) is 1. The van der Waals surface area contributed by atoms with Crippen molar-refractivity contribution in [2.24, 2.45) is 10.4 Å². The SMILES string of the molecule is Cc1ccsc1-c1ccc(CNC(=O)[C@@H]2C[C@@H](O)CN2C(=O)[C@@H](NC(=O)COCCCOc2ccc(-c3cnc(NC(=O)C[C@@H]4N=C(c5ccc(Cl)cc5)c5c(sc(C)c5C)-n5c(C)nnc54)cn3)cc2)C(C)(C)C)cc1. The van der Waals surface area contributed by atoms with E-state index in [0.29, 0.717) is 41.1 Å². The van der Waals surface area contributed by atoms with Gasteiger partial charge in [-0.25, -0.2) is 4.98 Å². The minimum absolute atomic E-state index is 0.0147. The second-order valence-corrected chi connectivity index (χ2v) is 22.9. The molecule has 6 heterocycles. The van der Waals surface area contributed by atoms with Crippen LogP contribution in [-0.2, 0) is 30.5 Å². The zero-order valence-electron chi connectivity index (χ0n) is 43.9. The van der Waals surface area contributed by atoms with E-state index in [-0.39, 0.29) is 56.8 Å². The number of aryl methyl sites for hydroxylation is 3. The molecule has 0 radical (unpaired) electrons. The van der Waals surface area contributed by atoms with Crippen LogP contribution < -0.4 is 20.7 Å². The van der Waals surface area contributed by atoms with Crippen LogP contribution in [0.3, 0.4) is 0 Å². The number of aromatic nitrogens is 5. The second-order valence-electron chi connectivity index (χ2n) is 20.3. The molecule has 0 bridgehead atoms. The van der Waals surface area contributed by atoms with Gasteiger partial charge in [-0.1, -0.05) is 68.8 Å². The van der Waals surface area contributed by atoms with Crippen LogP contribution in [0.1, 0.15) is 90.4 Å². The Morgan fingerprint density at radius 2 is 1.60 bits per heavy atom. The minimum Gasteiger partial charge on any atom is -0.494 e. The lowest BCUT2D eigenvalue weighted by molar-refractivity contribution is -0.144. The van der Waals surface area contributed by atoms with Gasteiger partial charge in [0.1, 0.15) is 41.3 Å². The Bertz CT molecular complexity index is 3300. The average Bonchev–Trinajstić information content (AvgIpc) is 4.20. The fourth-order valence-electron chi connectivity index (χ4n) is 9.35. The van der Waals surface area contributed by atoms with Crippen LogP contribution in [0.15, 0.2) is 102 Å². The highest BCUT2D eigenvalue weighted by Gasteiger charge is 2.44. The van der Waals surface area contributed by atoms with Gasteiger partial charge < -0.3 is 35.4 Å². The van der Waals surface area contributed by atoms with Gasteiger partial charge in [0.2, 0.25) is 23.6 Å². The summed E-state index contributed by atoms with van der Waals surface area (Å²) in [6.07, 6.45) is 2.79. The molecule has 9 rings (SSSR count). The Morgan fingerprint density at radius 3 is 2.29 bits per heavy atom. The van der Waals surface area contributed by atoms with Gasteiger partial charge in [0.25, 0.3) is 0 Å². The first-order chi connectivity index (χ1) is 36.9. The lowest BCUT2D eigenvalue weighted by Gasteiger charge is -2.35. The average molecular weight is 1100 g/mol. The molecule has 4 N–H and O–H groups in total. The highest BCUT2D eigenvalue weighted by molar-refractivity contribution is 7.15. The van der Waals surface area contributed by atoms with E-state index in [1.807, 2.05) is 105 Å². The molecule has 77 heavy (non-hydrogen) atoms. The Balaban J connectivity index is 0.719. The number of anilines is 1. The van der Waals surface area contributed by atoms with Crippen LogP contribution in [0, 0.1) is 33.1 Å². The van der Waals surface area contributed by atoms with Gasteiger partial charge in [0, 0.05) is 57.4 Å². The number of amides is 4. The fraction of sp³-hybridized carbons (Fsp3) is 0.351. The number of benzene rings is 3. The predicted molar refractivity (Wildman–Crippen MR) is 299 cm³/mol. The van der Waals surface area contributed by atoms with Crippen LogP contribution >= 0.6 is 34.3 Å². The van der Waals surface area contributed by atoms with Crippen LogP contribution in [0.2, 0.25) is 5.02 Å². The number of thiophene rings is 2. The molecule has 0 unspecified atom stereocenters. The number of rotatable bonds is 18. The predicted octanol–water partition coefficient (Wildman–Crippen LogP) is 8.92. The van der Waals surface area contributed by atoms with Gasteiger partial charge in [-0.15, -0.1) is 32.9 Å². The number of β-amino-alcohol motifs (C(OH)–C–C–N with tert-alkyl or cyclic N) is 1. The molecule has 4 atom stereocenters. The van der Waals surface area contributed by atoms with Gasteiger partial charge in [0.15, 0.2) is 11.6 Å². The maximum atomic E-state index is 14.0. The van der Waals surface area contributed by atoms with Crippen molar-refractivity contribution in [2.45, 2.75) is 98.5 Å². The molecule has 20 heteroatoms. The summed E-state index contributed by atoms with van der Waals surface area (Å²) in [4.78, 5) is 72.3. The fourth-order valence-corrected chi connectivity index (χ4v) is 11.6. The first-order valence-corrected chi connectivity index (χ1v) is 27.5. The van der Waals surface area contributed by atoms with E-state index < -0.39 is 41.5 Å². The summed E-state index contributed by atoms with van der Waals surface area (Å²) in [7, 11) is 0. The van der Waals surface area contributed by atoms with Crippen molar-refractivity contribution in [3.63, 3.8) is 0 Å². The standard InChI is InChI=1S/C57H61ClN10O7S2/c1-32-21-24-76-51(32)39-11-9-36(10-12-39)27-61-54(72)45-25-41(69)30-67(45)55(73)52(57(5,6)7)64-48(71)31-74-22-8-23-75-42-19-15-37(16-20-42)44-28-60-46(29-59-44)63-47(70)26-43-53-66-65-35(4)68(53)56-49(33(2)34(3)77-56)50(62-43)38-13-17-40(58)18-14-38/h9-21,24,28-29,41,43,45,52,69H,8,22-23,25-27,30-31H2,1-7H3,(H,61,72)(H,64,71)(H,60,63,70)/t41-,43+,45+,52-/m1/s1. The number of fused-ring (bicyclic) bond motifs is 3. The molecule has 17 nitrogen and oxygen atoms in total. The molecular weight excluding hydrogens is 1040 g/mol. The van der Waals surface area contributed by atoms with E-state index in [4.69, 9.17) is 26.1 Å². The van der Waals surface area contributed by atoms with Gasteiger partial charge in [-0.3, -0.25) is 33.7 Å². The third kappa shape index (κ3) is 12.7. The van der Waals surface area contributed by atoms with E-state index >= 15 is 0 Å². The summed E-state index contributed by atoms with van der Waals surface area (Å²) < 4.78 is 13.6. The van der Waals surface area contributed by atoms with Crippen LogP contribution in [0.25, 0.3) is 26.7 Å². The summed E-state index contributed by atoms with van der Waals surface area (Å²) in [6, 6.07) is 22.5. The maximum absolute atomic E-state index is 14.0. The number of halogens is 1. The number of hydrogen-bond acceptors (Lipinski definition) is 14. The zero-order chi connectivity index (χ0) is 54.5. The lowest BCUT2D eigenvalue weighted by atomic mass is 9.85. The molecule has 1 saturated heterocycles. The van der Waals surface area contributed by atoms with Crippen LogP contribution in [0.4, 0.5) is 5.82 Å². The third-order valence-electron chi connectivity index (χ3n) is 13.6. The van der Waals surface area contributed by atoms with E-state index in [0.717, 1.165) is 49.0 Å². The van der Waals surface area contributed by atoms with Gasteiger partial charge in [-0.05, 0) is 103 Å². The number of carbonyl (C=O) groups is 4. The van der Waals surface area contributed by atoms with Crippen molar-refractivity contribution in [3.8, 4) is 32.4 Å². The number of aliphatic imine (C=N–C) groups is 1. The monoisotopic (exact) mass is 1100 g/mol.